The molecule has 26 heavy (non-hydrogen) atoms. The first-order valence-corrected chi connectivity index (χ1v) is 8.88. The SMILES string of the molecule is Cc1ccc([C@H]2Oc3ccccc3[C@H]3CC(c4cccnc4)=NN32)cc1. The Hall–Kier alpha value is -3.14. The number of aryl methyl sites for hydroxylation is 1. The van der Waals surface area contributed by atoms with Crippen LogP contribution in [0.3, 0.4) is 0 Å². The largest absolute Gasteiger partial charge is 0.464 e. The van der Waals surface area contributed by atoms with Gasteiger partial charge in [0.25, 0.3) is 0 Å². The first-order valence-electron chi connectivity index (χ1n) is 8.88. The molecule has 0 radical (unpaired) electrons. The number of nitrogens with zero attached hydrogens (tertiary/aromatic N) is 3. The van der Waals surface area contributed by atoms with Crippen LogP contribution >= 0.6 is 0 Å². The van der Waals surface area contributed by atoms with E-state index in [2.05, 4.69) is 65.4 Å². The third kappa shape index (κ3) is 2.46. The van der Waals surface area contributed by atoms with Crippen molar-refractivity contribution in [3.8, 4) is 5.75 Å². The highest BCUT2D eigenvalue weighted by molar-refractivity contribution is 6.01. The molecule has 4 nitrogen and oxygen atoms in total. The molecule has 2 aliphatic rings. The van der Waals surface area contributed by atoms with E-state index in [0.29, 0.717) is 0 Å². The van der Waals surface area contributed by atoms with E-state index < -0.39 is 0 Å². The van der Waals surface area contributed by atoms with Gasteiger partial charge in [-0.15, -0.1) is 0 Å². The molecule has 2 aromatic carbocycles. The summed E-state index contributed by atoms with van der Waals surface area (Å²) < 4.78 is 6.36. The van der Waals surface area contributed by atoms with E-state index in [9.17, 15) is 0 Å². The number of pyridine rings is 1. The molecule has 0 N–H and O–H groups in total. The zero-order valence-corrected chi connectivity index (χ0v) is 14.5. The second-order valence-corrected chi connectivity index (χ2v) is 6.81. The second kappa shape index (κ2) is 5.99. The first-order chi connectivity index (χ1) is 12.8. The summed E-state index contributed by atoms with van der Waals surface area (Å²) >= 11 is 0. The van der Waals surface area contributed by atoms with Crippen LogP contribution in [0.1, 0.15) is 40.9 Å². The molecule has 0 bridgehead atoms. The Balaban J connectivity index is 1.60. The van der Waals surface area contributed by atoms with Crippen molar-refractivity contribution in [3.05, 3.63) is 95.3 Å². The molecule has 1 aromatic heterocycles. The monoisotopic (exact) mass is 341 g/mol. The maximum Gasteiger partial charge on any atom is 0.213 e. The highest BCUT2D eigenvalue weighted by atomic mass is 16.5. The normalized spacial score (nSPS) is 20.8. The van der Waals surface area contributed by atoms with E-state index in [-0.39, 0.29) is 12.3 Å². The smallest absolute Gasteiger partial charge is 0.213 e. The van der Waals surface area contributed by atoms with Crippen LogP contribution in [0.2, 0.25) is 0 Å². The van der Waals surface area contributed by atoms with E-state index in [4.69, 9.17) is 9.84 Å². The lowest BCUT2D eigenvalue weighted by atomic mass is 9.96. The molecule has 0 aliphatic carbocycles. The lowest BCUT2D eigenvalue weighted by molar-refractivity contribution is -0.0190. The molecule has 5 rings (SSSR count). The molecule has 0 saturated heterocycles. The summed E-state index contributed by atoms with van der Waals surface area (Å²) in [6.45, 7) is 2.10. The first kappa shape index (κ1) is 15.1. The molecule has 2 atom stereocenters. The zero-order chi connectivity index (χ0) is 17.5. The van der Waals surface area contributed by atoms with Crippen molar-refractivity contribution in [2.45, 2.75) is 25.6 Å². The fourth-order valence-corrected chi connectivity index (χ4v) is 3.69. The number of aromatic nitrogens is 1. The molecule has 4 heteroatoms. The van der Waals surface area contributed by atoms with Crippen molar-refractivity contribution in [3.63, 3.8) is 0 Å². The van der Waals surface area contributed by atoms with Gasteiger partial charge in [-0.1, -0.05) is 54.1 Å². The summed E-state index contributed by atoms with van der Waals surface area (Å²) in [7, 11) is 0. The van der Waals surface area contributed by atoms with Gasteiger partial charge in [-0.05, 0) is 19.1 Å². The van der Waals surface area contributed by atoms with Gasteiger partial charge in [0.15, 0.2) is 0 Å². The standard InChI is InChI=1S/C22H19N3O/c1-15-8-10-16(11-9-15)22-25-20(18-6-2-3-7-21(18)26-22)13-19(24-25)17-5-4-12-23-14-17/h2-12,14,20,22H,13H2,1H3/t20-,22-/m1/s1. The lowest BCUT2D eigenvalue weighted by Gasteiger charge is -2.38. The van der Waals surface area contributed by atoms with E-state index in [1.807, 2.05) is 18.3 Å². The van der Waals surface area contributed by atoms with Gasteiger partial charge in [-0.2, -0.15) is 5.10 Å². The van der Waals surface area contributed by atoms with Gasteiger partial charge in [0.1, 0.15) is 5.75 Å². The number of hydrazone groups is 1. The number of benzene rings is 2. The number of hydrogen-bond donors (Lipinski definition) is 0. The van der Waals surface area contributed by atoms with Crippen LogP contribution in [0, 0.1) is 6.92 Å². The Morgan fingerprint density at radius 2 is 1.85 bits per heavy atom. The summed E-state index contributed by atoms with van der Waals surface area (Å²) in [4.78, 5) is 4.25. The predicted molar refractivity (Wildman–Crippen MR) is 101 cm³/mol. The van der Waals surface area contributed by atoms with Gasteiger partial charge in [-0.3, -0.25) is 4.98 Å². The fourth-order valence-electron chi connectivity index (χ4n) is 3.69. The van der Waals surface area contributed by atoms with Crippen molar-refractivity contribution in [1.29, 1.82) is 0 Å². The van der Waals surface area contributed by atoms with Gasteiger partial charge in [0.2, 0.25) is 6.23 Å². The Labute approximate surface area is 152 Å². The predicted octanol–water partition coefficient (Wildman–Crippen LogP) is 4.63. The van der Waals surface area contributed by atoms with Crippen LogP contribution in [0.5, 0.6) is 5.75 Å². The summed E-state index contributed by atoms with van der Waals surface area (Å²) in [5.41, 5.74) is 5.68. The van der Waals surface area contributed by atoms with Crippen LogP contribution in [0.15, 0.2) is 78.2 Å². The molecule has 0 saturated carbocycles. The molecule has 0 fully saturated rings. The number of ether oxygens (including phenoxy) is 1. The van der Waals surface area contributed by atoms with Crippen molar-refractivity contribution >= 4 is 5.71 Å². The quantitative estimate of drug-likeness (QED) is 0.682. The van der Waals surface area contributed by atoms with Crippen LogP contribution in [-0.4, -0.2) is 15.7 Å². The maximum atomic E-state index is 6.36. The fraction of sp³-hybridized carbons (Fsp3) is 0.182. The number of rotatable bonds is 2. The molecule has 2 aliphatic heterocycles. The average molecular weight is 341 g/mol. The third-order valence-electron chi connectivity index (χ3n) is 5.06. The molecule has 0 amide bonds. The van der Waals surface area contributed by atoms with E-state index in [0.717, 1.165) is 29.0 Å². The molecule has 0 unspecified atom stereocenters. The Bertz CT molecular complexity index is 966. The second-order valence-electron chi connectivity index (χ2n) is 6.81. The van der Waals surface area contributed by atoms with Gasteiger partial charge < -0.3 is 4.74 Å². The molecular weight excluding hydrogens is 322 g/mol. The summed E-state index contributed by atoms with van der Waals surface area (Å²) in [5, 5.41) is 7.05. The van der Waals surface area contributed by atoms with E-state index >= 15 is 0 Å². The lowest BCUT2D eigenvalue weighted by Crippen LogP contribution is -2.33. The van der Waals surface area contributed by atoms with Crippen molar-refractivity contribution in [1.82, 2.24) is 9.99 Å². The highest BCUT2D eigenvalue weighted by Crippen LogP contribution is 2.47. The number of fused-ring (bicyclic) bond motifs is 3. The van der Waals surface area contributed by atoms with Crippen molar-refractivity contribution < 1.29 is 4.74 Å². The van der Waals surface area contributed by atoms with Crippen LogP contribution in [0.25, 0.3) is 0 Å². The van der Waals surface area contributed by atoms with Gasteiger partial charge >= 0.3 is 0 Å². The summed E-state index contributed by atoms with van der Waals surface area (Å²) in [6.07, 6.45) is 4.31. The minimum absolute atomic E-state index is 0.182. The van der Waals surface area contributed by atoms with Crippen molar-refractivity contribution in [2.75, 3.05) is 0 Å². The minimum atomic E-state index is -0.218. The maximum absolute atomic E-state index is 6.36. The minimum Gasteiger partial charge on any atom is -0.464 e. The Morgan fingerprint density at radius 3 is 2.65 bits per heavy atom. The topological polar surface area (TPSA) is 37.7 Å². The highest BCUT2D eigenvalue weighted by Gasteiger charge is 2.40. The van der Waals surface area contributed by atoms with Gasteiger partial charge in [-0.25, -0.2) is 5.01 Å². The molecule has 128 valence electrons. The van der Waals surface area contributed by atoms with Crippen LogP contribution < -0.4 is 4.74 Å². The van der Waals surface area contributed by atoms with Crippen LogP contribution in [0.4, 0.5) is 0 Å². The van der Waals surface area contributed by atoms with Gasteiger partial charge in [0, 0.05) is 35.5 Å². The Morgan fingerprint density at radius 1 is 1.00 bits per heavy atom. The van der Waals surface area contributed by atoms with E-state index in [1.54, 1.807) is 6.20 Å². The number of para-hydroxylation sites is 1. The molecule has 3 heterocycles. The number of hydrogen-bond acceptors (Lipinski definition) is 4. The van der Waals surface area contributed by atoms with Crippen LogP contribution in [-0.2, 0) is 0 Å². The van der Waals surface area contributed by atoms with Crippen molar-refractivity contribution in [2.24, 2.45) is 5.10 Å². The Kier molecular flexibility index (Phi) is 3.49. The average Bonchev–Trinajstić information content (AvgIpc) is 3.14. The summed E-state index contributed by atoms with van der Waals surface area (Å²) in [5.74, 6) is 0.946. The zero-order valence-electron chi connectivity index (χ0n) is 14.5. The molecule has 0 spiro atoms. The van der Waals surface area contributed by atoms with E-state index in [1.165, 1.54) is 11.1 Å². The molecule has 3 aromatic rings. The third-order valence-corrected chi connectivity index (χ3v) is 5.06. The van der Waals surface area contributed by atoms with Gasteiger partial charge in [0.05, 0.1) is 11.8 Å². The summed E-state index contributed by atoms with van der Waals surface area (Å²) in [6, 6.07) is 21.0. The molecular formula is C22H19N3O.